The molecule has 0 saturated carbocycles. The lowest BCUT2D eigenvalue weighted by molar-refractivity contribution is 0.329. The number of fused-ring (bicyclic) bond motifs is 3. The maximum absolute atomic E-state index is 10.3. The zero-order chi connectivity index (χ0) is 22.6. The molecule has 0 fully saturated rings. The van der Waals surface area contributed by atoms with E-state index in [0.29, 0.717) is 17.6 Å². The van der Waals surface area contributed by atoms with Gasteiger partial charge in [0.05, 0.1) is 0 Å². The molecular weight excluding hydrogens is 438 g/mol. The first-order valence-corrected chi connectivity index (χ1v) is 9.73. The van der Waals surface area contributed by atoms with Gasteiger partial charge in [-0.15, -0.1) is 0 Å². The third-order valence-corrected chi connectivity index (χ3v) is 5.25. The monoisotopic (exact) mass is 451 g/mol. The summed E-state index contributed by atoms with van der Waals surface area (Å²) < 4.78 is 5.98. The molecule has 0 atom stereocenters. The van der Waals surface area contributed by atoms with Crippen LogP contribution in [0.5, 0.6) is 28.7 Å². The van der Waals surface area contributed by atoms with E-state index in [9.17, 15) is 25.5 Å². The first kappa shape index (κ1) is 19.7. The summed E-state index contributed by atoms with van der Waals surface area (Å²) in [7, 11) is 0. The van der Waals surface area contributed by atoms with Gasteiger partial charge in [-0.25, -0.2) is 4.98 Å². The van der Waals surface area contributed by atoms with Crippen LogP contribution in [-0.2, 0) is 6.42 Å². The molecule has 2 aromatic carbocycles. The number of nitrogens with zero attached hydrogens (tertiary/aromatic N) is 3. The molecular formula is C22H14ClN3O6. The van der Waals surface area contributed by atoms with E-state index in [1.807, 2.05) is 30.4 Å². The Bertz CT molecular complexity index is 1450. The predicted octanol–water partition coefficient (Wildman–Crippen LogP) is 4.26. The number of phenols is 5. The van der Waals surface area contributed by atoms with E-state index < -0.39 is 34.3 Å². The molecule has 2 aromatic heterocycles. The third-order valence-electron chi connectivity index (χ3n) is 5.09. The van der Waals surface area contributed by atoms with Crippen LogP contribution in [0.2, 0.25) is 5.28 Å². The van der Waals surface area contributed by atoms with Crippen molar-refractivity contribution in [3.63, 3.8) is 0 Å². The molecule has 0 amide bonds. The van der Waals surface area contributed by atoms with Crippen LogP contribution in [-0.4, -0.2) is 40.5 Å². The number of benzene rings is 2. The Morgan fingerprint density at radius 2 is 1.50 bits per heavy atom. The summed E-state index contributed by atoms with van der Waals surface area (Å²) in [4.78, 5) is 12.4. The highest BCUT2D eigenvalue weighted by molar-refractivity contribution is 6.28. The summed E-state index contributed by atoms with van der Waals surface area (Å²) in [5.41, 5.74) is 1.49. The van der Waals surface area contributed by atoms with Crippen LogP contribution in [0, 0.1) is 0 Å². The van der Waals surface area contributed by atoms with Crippen LogP contribution in [0.3, 0.4) is 0 Å². The van der Waals surface area contributed by atoms with Gasteiger partial charge in [-0.3, -0.25) is 0 Å². The van der Waals surface area contributed by atoms with Gasteiger partial charge in [0.25, 0.3) is 0 Å². The Morgan fingerprint density at radius 3 is 2.25 bits per heavy atom. The molecule has 10 heteroatoms. The molecule has 1 aliphatic carbocycles. The highest BCUT2D eigenvalue weighted by atomic mass is 35.5. The second-order valence-electron chi connectivity index (χ2n) is 6.98. The average molecular weight is 452 g/mol. The Hall–Kier alpha value is -4.24. The van der Waals surface area contributed by atoms with Crippen LogP contribution in [0.4, 0.5) is 0 Å². The molecule has 1 aliphatic rings. The zero-order valence-corrected chi connectivity index (χ0v) is 16.9. The molecule has 2 heterocycles. The summed E-state index contributed by atoms with van der Waals surface area (Å²) >= 11 is 6.11. The van der Waals surface area contributed by atoms with E-state index in [0.717, 1.165) is 16.7 Å². The van der Waals surface area contributed by atoms with E-state index in [1.54, 1.807) is 12.1 Å². The van der Waals surface area contributed by atoms with E-state index in [4.69, 9.17) is 16.0 Å². The van der Waals surface area contributed by atoms with Gasteiger partial charge < -0.3 is 29.9 Å². The third kappa shape index (κ3) is 2.90. The largest absolute Gasteiger partial charge is 0.504 e. The highest BCUT2D eigenvalue weighted by Gasteiger charge is 2.27. The minimum Gasteiger partial charge on any atom is -0.504 e. The summed E-state index contributed by atoms with van der Waals surface area (Å²) in [6.45, 7) is 0. The molecule has 160 valence electrons. The number of aromatic hydroxyl groups is 5. The van der Waals surface area contributed by atoms with Crippen LogP contribution >= 0.6 is 11.6 Å². The van der Waals surface area contributed by atoms with Gasteiger partial charge in [0.1, 0.15) is 16.9 Å². The number of furan rings is 1. The topological polar surface area (TPSA) is 153 Å². The van der Waals surface area contributed by atoms with Gasteiger partial charge in [-0.05, 0) is 17.7 Å². The van der Waals surface area contributed by atoms with E-state index in [-0.39, 0.29) is 16.9 Å². The Balaban J connectivity index is 1.78. The minimum absolute atomic E-state index is 0.102. The number of allylic oxidation sites excluding steroid dienone is 3. The summed E-state index contributed by atoms with van der Waals surface area (Å²) in [6.07, 6.45) is 8.29. The molecule has 5 rings (SSSR count). The van der Waals surface area contributed by atoms with Crippen molar-refractivity contribution in [2.24, 2.45) is 0 Å². The molecule has 0 saturated heterocycles. The van der Waals surface area contributed by atoms with Crippen LogP contribution in [0.1, 0.15) is 11.3 Å². The summed E-state index contributed by atoms with van der Waals surface area (Å²) in [5.74, 6) is -4.51. The Kier molecular flexibility index (Phi) is 4.42. The van der Waals surface area contributed by atoms with Crippen molar-refractivity contribution >= 4 is 28.6 Å². The Labute approximate surface area is 184 Å². The van der Waals surface area contributed by atoms with Crippen molar-refractivity contribution in [3.8, 4) is 51.5 Å². The molecule has 0 bridgehead atoms. The van der Waals surface area contributed by atoms with Gasteiger partial charge in [-0.1, -0.05) is 36.4 Å². The lowest BCUT2D eigenvalue weighted by atomic mass is 10.0. The summed E-state index contributed by atoms with van der Waals surface area (Å²) in [5, 5.41) is 50.4. The van der Waals surface area contributed by atoms with Crippen molar-refractivity contribution in [1.29, 1.82) is 0 Å². The molecule has 9 nitrogen and oxygen atoms in total. The molecule has 0 spiro atoms. The predicted molar refractivity (Wildman–Crippen MR) is 116 cm³/mol. The average Bonchev–Trinajstić information content (AvgIpc) is 2.97. The molecule has 0 aliphatic heterocycles. The lowest BCUT2D eigenvalue weighted by Crippen LogP contribution is -1.98. The van der Waals surface area contributed by atoms with E-state index in [2.05, 4.69) is 15.0 Å². The van der Waals surface area contributed by atoms with Gasteiger partial charge in [0, 0.05) is 22.9 Å². The van der Waals surface area contributed by atoms with E-state index >= 15 is 0 Å². The van der Waals surface area contributed by atoms with Gasteiger partial charge in [0.15, 0.2) is 23.1 Å². The molecule has 4 aromatic rings. The Morgan fingerprint density at radius 1 is 0.812 bits per heavy atom. The van der Waals surface area contributed by atoms with Crippen LogP contribution in [0.25, 0.3) is 39.8 Å². The van der Waals surface area contributed by atoms with E-state index in [1.165, 1.54) is 0 Å². The first-order chi connectivity index (χ1) is 15.4. The fourth-order valence-electron chi connectivity index (χ4n) is 3.62. The van der Waals surface area contributed by atoms with Gasteiger partial charge in [0.2, 0.25) is 22.5 Å². The smallest absolute Gasteiger partial charge is 0.226 e. The maximum Gasteiger partial charge on any atom is 0.226 e. The number of hydrogen-bond acceptors (Lipinski definition) is 9. The molecule has 32 heavy (non-hydrogen) atoms. The number of phenolic OH excluding ortho intramolecular Hbond substituents is 5. The first-order valence-electron chi connectivity index (χ1n) is 9.35. The highest BCUT2D eigenvalue weighted by Crippen LogP contribution is 2.54. The molecule has 5 N–H and O–H groups in total. The lowest BCUT2D eigenvalue weighted by Gasteiger charge is -2.12. The van der Waals surface area contributed by atoms with Gasteiger partial charge >= 0.3 is 0 Å². The summed E-state index contributed by atoms with van der Waals surface area (Å²) in [6, 6.07) is 5.32. The normalized spacial score (nSPS) is 12.8. The molecule has 0 unspecified atom stereocenters. The van der Waals surface area contributed by atoms with Crippen molar-refractivity contribution in [2.75, 3.05) is 0 Å². The number of halogens is 1. The quantitative estimate of drug-likeness (QED) is 0.222. The standard InChI is InChI=1S/C22H14ClN3O6/c23-22-25-20(24-21(26-22)14-15(27)17(29)19(31)18(30)16(14)28)10-6-4-8-12-13(10)9-5-2-1-3-7-11(9)32-12/h1-6,8,27-31H,7H2. The van der Waals surface area contributed by atoms with Gasteiger partial charge in [-0.2, -0.15) is 9.97 Å². The SMILES string of the molecule is Oc1c(O)c(O)c(-c2nc(Cl)nc(-c3cccc4oc5c(c34)C=CC=CC5)n2)c(O)c1O. The fraction of sp³-hybridized carbons (Fsp3) is 0.0455. The molecule has 0 radical (unpaired) electrons. The second-order valence-corrected chi connectivity index (χ2v) is 7.32. The zero-order valence-electron chi connectivity index (χ0n) is 16.1. The fourth-order valence-corrected chi connectivity index (χ4v) is 3.78. The van der Waals surface area contributed by atoms with Crippen LogP contribution < -0.4 is 0 Å². The maximum atomic E-state index is 10.3. The van der Waals surface area contributed by atoms with Crippen LogP contribution in [0.15, 0.2) is 40.8 Å². The number of hydrogen-bond donors (Lipinski definition) is 5. The van der Waals surface area contributed by atoms with Crippen molar-refractivity contribution in [3.05, 3.63) is 53.0 Å². The van der Waals surface area contributed by atoms with Crippen molar-refractivity contribution < 1.29 is 29.9 Å². The minimum atomic E-state index is -1.09. The number of aromatic nitrogens is 3. The van der Waals surface area contributed by atoms with Crippen molar-refractivity contribution in [2.45, 2.75) is 6.42 Å². The number of rotatable bonds is 2. The second kappa shape index (κ2) is 7.17. The van der Waals surface area contributed by atoms with Crippen molar-refractivity contribution in [1.82, 2.24) is 15.0 Å².